The minimum Gasteiger partial charge on any atom is -0.497 e. The first-order valence-electron chi connectivity index (χ1n) is 10.4. The largest absolute Gasteiger partial charge is 0.497 e. The van der Waals surface area contributed by atoms with Crippen LogP contribution in [-0.4, -0.2) is 38.5 Å². The average molecular weight is 560 g/mol. The number of thiazole rings is 1. The molecule has 0 atom stereocenters. The number of rotatable bonds is 10. The van der Waals surface area contributed by atoms with E-state index in [1.165, 1.54) is 23.1 Å². The van der Waals surface area contributed by atoms with Crippen LogP contribution in [0.4, 0.5) is 5.13 Å². The SMILES string of the molecule is CCn1c(COc2ccc(OC)cc2)nnc1SCC(=O)Nc1nc(-c2ccc(Br)cc2)cs1. The zero-order chi connectivity index (χ0) is 23.9. The van der Waals surface area contributed by atoms with E-state index in [9.17, 15) is 4.79 Å². The number of hydrogen-bond acceptors (Lipinski definition) is 8. The normalized spacial score (nSPS) is 10.8. The van der Waals surface area contributed by atoms with E-state index in [1.807, 2.05) is 65.4 Å². The van der Waals surface area contributed by atoms with E-state index >= 15 is 0 Å². The van der Waals surface area contributed by atoms with Crippen molar-refractivity contribution >= 4 is 50.1 Å². The number of amides is 1. The van der Waals surface area contributed by atoms with E-state index < -0.39 is 0 Å². The van der Waals surface area contributed by atoms with Gasteiger partial charge >= 0.3 is 0 Å². The van der Waals surface area contributed by atoms with Gasteiger partial charge in [-0.15, -0.1) is 21.5 Å². The fourth-order valence-electron chi connectivity index (χ4n) is 3.04. The van der Waals surface area contributed by atoms with Crippen molar-refractivity contribution in [3.05, 3.63) is 64.2 Å². The summed E-state index contributed by atoms with van der Waals surface area (Å²) in [5.41, 5.74) is 1.82. The summed E-state index contributed by atoms with van der Waals surface area (Å²) in [5, 5.41) is 14.5. The molecule has 176 valence electrons. The molecule has 0 radical (unpaired) electrons. The van der Waals surface area contributed by atoms with Gasteiger partial charge in [0.05, 0.1) is 18.6 Å². The van der Waals surface area contributed by atoms with Crippen LogP contribution in [0, 0.1) is 0 Å². The third kappa shape index (κ3) is 6.16. The molecular weight excluding hydrogens is 538 g/mol. The fraction of sp³-hybridized carbons (Fsp3) is 0.217. The van der Waals surface area contributed by atoms with Gasteiger partial charge < -0.3 is 19.4 Å². The van der Waals surface area contributed by atoms with Gasteiger partial charge in [0.2, 0.25) is 5.91 Å². The van der Waals surface area contributed by atoms with Gasteiger partial charge in [0.1, 0.15) is 18.1 Å². The van der Waals surface area contributed by atoms with Crippen molar-refractivity contribution in [3.63, 3.8) is 0 Å². The number of hydrogen-bond donors (Lipinski definition) is 1. The molecule has 2 aromatic heterocycles. The molecule has 0 unspecified atom stereocenters. The van der Waals surface area contributed by atoms with Crippen LogP contribution < -0.4 is 14.8 Å². The predicted octanol–water partition coefficient (Wildman–Crippen LogP) is 5.50. The number of carbonyl (C=O) groups is 1. The molecule has 0 bridgehead atoms. The molecule has 4 aromatic rings. The van der Waals surface area contributed by atoms with Gasteiger partial charge in [-0.3, -0.25) is 4.79 Å². The van der Waals surface area contributed by atoms with Crippen molar-refractivity contribution in [2.75, 3.05) is 18.2 Å². The van der Waals surface area contributed by atoms with Gasteiger partial charge in [-0.05, 0) is 43.3 Å². The number of thioether (sulfide) groups is 1. The Kier molecular flexibility index (Phi) is 8.20. The number of benzene rings is 2. The maximum atomic E-state index is 12.5. The fourth-order valence-corrected chi connectivity index (χ4v) is 4.86. The maximum absolute atomic E-state index is 12.5. The van der Waals surface area contributed by atoms with E-state index in [0.717, 1.165) is 21.5 Å². The summed E-state index contributed by atoms with van der Waals surface area (Å²) in [6.07, 6.45) is 0. The number of carbonyl (C=O) groups excluding carboxylic acids is 1. The zero-order valence-corrected chi connectivity index (χ0v) is 21.7. The average Bonchev–Trinajstić information content (AvgIpc) is 3.48. The van der Waals surface area contributed by atoms with Crippen LogP contribution in [0.15, 0.2) is 63.5 Å². The molecule has 0 fully saturated rings. The molecule has 0 aliphatic carbocycles. The number of nitrogens with one attached hydrogen (secondary N) is 1. The standard InChI is InChI=1S/C23H22BrN5O3S2/c1-3-29-20(12-32-18-10-8-17(31-2)9-11-18)27-28-23(29)34-14-21(30)26-22-25-19(13-33-22)15-4-6-16(24)7-5-15/h4-11,13H,3,12,14H2,1-2H3,(H,25,26,30). The topological polar surface area (TPSA) is 91.2 Å². The third-order valence-electron chi connectivity index (χ3n) is 4.76. The molecule has 1 N–H and O–H groups in total. The van der Waals surface area contributed by atoms with Gasteiger partial charge in [0.15, 0.2) is 16.1 Å². The Bertz CT molecular complexity index is 1240. The Morgan fingerprint density at radius 2 is 1.85 bits per heavy atom. The molecule has 0 saturated carbocycles. The summed E-state index contributed by atoms with van der Waals surface area (Å²) >= 11 is 6.15. The Morgan fingerprint density at radius 3 is 2.56 bits per heavy atom. The number of halogens is 1. The van der Waals surface area contributed by atoms with Crippen LogP contribution in [0.1, 0.15) is 12.7 Å². The van der Waals surface area contributed by atoms with Crippen molar-refractivity contribution in [1.29, 1.82) is 0 Å². The Balaban J connectivity index is 1.31. The first-order valence-corrected chi connectivity index (χ1v) is 13.0. The summed E-state index contributed by atoms with van der Waals surface area (Å²) in [5.74, 6) is 2.22. The van der Waals surface area contributed by atoms with Crippen molar-refractivity contribution < 1.29 is 14.3 Å². The van der Waals surface area contributed by atoms with Crippen LogP contribution in [0.2, 0.25) is 0 Å². The van der Waals surface area contributed by atoms with E-state index in [1.54, 1.807) is 7.11 Å². The first kappa shape index (κ1) is 24.2. The lowest BCUT2D eigenvalue weighted by Gasteiger charge is -2.09. The summed E-state index contributed by atoms with van der Waals surface area (Å²) in [7, 11) is 1.62. The van der Waals surface area contributed by atoms with E-state index in [-0.39, 0.29) is 18.3 Å². The van der Waals surface area contributed by atoms with Crippen LogP contribution in [0.5, 0.6) is 11.5 Å². The molecule has 0 aliphatic rings. The molecule has 4 rings (SSSR count). The second-order valence-electron chi connectivity index (χ2n) is 6.99. The van der Waals surface area contributed by atoms with Crippen LogP contribution in [0.3, 0.4) is 0 Å². The van der Waals surface area contributed by atoms with Crippen LogP contribution in [0.25, 0.3) is 11.3 Å². The third-order valence-corrected chi connectivity index (χ3v) is 7.01. The quantitative estimate of drug-likeness (QED) is 0.256. The second-order valence-corrected chi connectivity index (χ2v) is 9.71. The first-order chi connectivity index (χ1) is 16.6. The molecule has 1 amide bonds. The minimum absolute atomic E-state index is 0.150. The van der Waals surface area contributed by atoms with Gasteiger partial charge in [0.25, 0.3) is 0 Å². The smallest absolute Gasteiger partial charge is 0.236 e. The second kappa shape index (κ2) is 11.5. The van der Waals surface area contributed by atoms with Gasteiger partial charge in [-0.2, -0.15) is 0 Å². The summed E-state index contributed by atoms with van der Waals surface area (Å²) in [4.78, 5) is 17.0. The maximum Gasteiger partial charge on any atom is 0.236 e. The van der Waals surface area contributed by atoms with E-state index in [4.69, 9.17) is 9.47 Å². The minimum atomic E-state index is -0.150. The number of anilines is 1. The number of aromatic nitrogens is 4. The molecular formula is C23H22BrN5O3S2. The lowest BCUT2D eigenvalue weighted by Crippen LogP contribution is -2.14. The number of methoxy groups -OCH3 is 1. The van der Waals surface area contributed by atoms with Crippen molar-refractivity contribution in [1.82, 2.24) is 19.7 Å². The highest BCUT2D eigenvalue weighted by Gasteiger charge is 2.15. The van der Waals surface area contributed by atoms with E-state index in [2.05, 4.69) is 36.4 Å². The molecule has 2 aromatic carbocycles. The molecule has 0 aliphatic heterocycles. The molecule has 2 heterocycles. The van der Waals surface area contributed by atoms with Gasteiger partial charge in [-0.25, -0.2) is 4.98 Å². The number of ether oxygens (including phenoxy) is 2. The molecule has 34 heavy (non-hydrogen) atoms. The summed E-state index contributed by atoms with van der Waals surface area (Å²) in [6.45, 7) is 2.95. The lowest BCUT2D eigenvalue weighted by atomic mass is 10.2. The van der Waals surface area contributed by atoms with Gasteiger partial charge in [0, 0.05) is 22.0 Å². The van der Waals surface area contributed by atoms with Crippen molar-refractivity contribution in [3.8, 4) is 22.8 Å². The Labute approximate surface area is 213 Å². The highest BCUT2D eigenvalue weighted by Crippen LogP contribution is 2.26. The number of nitrogens with zero attached hydrogens (tertiary/aromatic N) is 4. The van der Waals surface area contributed by atoms with Gasteiger partial charge in [-0.1, -0.05) is 39.8 Å². The lowest BCUT2D eigenvalue weighted by molar-refractivity contribution is -0.113. The molecule has 0 spiro atoms. The summed E-state index contributed by atoms with van der Waals surface area (Å²) < 4.78 is 13.9. The predicted molar refractivity (Wildman–Crippen MR) is 138 cm³/mol. The molecule has 11 heteroatoms. The molecule has 0 saturated heterocycles. The van der Waals surface area contributed by atoms with Crippen molar-refractivity contribution in [2.45, 2.75) is 25.2 Å². The zero-order valence-electron chi connectivity index (χ0n) is 18.5. The summed E-state index contributed by atoms with van der Waals surface area (Å²) in [6, 6.07) is 15.2. The highest BCUT2D eigenvalue weighted by molar-refractivity contribution is 9.10. The monoisotopic (exact) mass is 559 g/mol. The van der Waals surface area contributed by atoms with Crippen molar-refractivity contribution in [2.24, 2.45) is 0 Å². The van der Waals surface area contributed by atoms with Crippen LogP contribution >= 0.6 is 39.0 Å². The highest BCUT2D eigenvalue weighted by atomic mass is 79.9. The Morgan fingerprint density at radius 1 is 1.12 bits per heavy atom. The molecule has 8 nitrogen and oxygen atoms in total. The van der Waals surface area contributed by atoms with Crippen LogP contribution in [-0.2, 0) is 17.9 Å². The Hall–Kier alpha value is -2.89. The van der Waals surface area contributed by atoms with E-state index in [0.29, 0.717) is 28.4 Å².